The molecule has 16 heavy (non-hydrogen) atoms. The van der Waals surface area contributed by atoms with Crippen molar-refractivity contribution in [2.45, 2.75) is 46.6 Å². The summed E-state index contributed by atoms with van der Waals surface area (Å²) < 4.78 is 0. The molecule has 0 spiro atoms. The third-order valence-corrected chi connectivity index (χ3v) is 2.97. The molecule has 0 aromatic heterocycles. The Labute approximate surface area is 98.5 Å². The normalized spacial score (nSPS) is 14.2. The lowest BCUT2D eigenvalue weighted by Gasteiger charge is -2.28. The van der Waals surface area contributed by atoms with E-state index in [4.69, 9.17) is 5.73 Å². The van der Waals surface area contributed by atoms with E-state index in [-0.39, 0.29) is 11.5 Å². The van der Waals surface area contributed by atoms with Gasteiger partial charge in [0, 0.05) is 6.04 Å². The molecule has 90 valence electrons. The molecule has 1 aromatic carbocycles. The van der Waals surface area contributed by atoms with Gasteiger partial charge < -0.3 is 10.8 Å². The van der Waals surface area contributed by atoms with Crippen LogP contribution in [0.2, 0.25) is 0 Å². The fraction of sp³-hybridized carbons (Fsp3) is 0.571. The summed E-state index contributed by atoms with van der Waals surface area (Å²) in [6, 6.07) is 5.68. The van der Waals surface area contributed by atoms with Crippen molar-refractivity contribution >= 4 is 0 Å². The van der Waals surface area contributed by atoms with Crippen LogP contribution in [0.3, 0.4) is 0 Å². The lowest BCUT2D eigenvalue weighted by molar-refractivity contribution is 0.326. The van der Waals surface area contributed by atoms with E-state index >= 15 is 0 Å². The summed E-state index contributed by atoms with van der Waals surface area (Å²) >= 11 is 0. The van der Waals surface area contributed by atoms with Gasteiger partial charge >= 0.3 is 0 Å². The van der Waals surface area contributed by atoms with E-state index in [0.29, 0.717) is 11.7 Å². The Balaban J connectivity index is 3.13. The maximum atomic E-state index is 9.75. The third kappa shape index (κ3) is 2.76. The summed E-state index contributed by atoms with van der Waals surface area (Å²) in [4.78, 5) is 0. The maximum absolute atomic E-state index is 9.75. The van der Waals surface area contributed by atoms with Crippen molar-refractivity contribution in [2.24, 2.45) is 11.1 Å². The average Bonchev–Trinajstić information content (AvgIpc) is 2.15. The first-order valence-corrected chi connectivity index (χ1v) is 5.82. The van der Waals surface area contributed by atoms with Crippen LogP contribution in [-0.2, 0) is 0 Å². The smallest absolute Gasteiger partial charge is 0.119 e. The fourth-order valence-electron chi connectivity index (χ4n) is 1.73. The predicted molar refractivity (Wildman–Crippen MR) is 68.6 cm³/mol. The second-order valence-corrected chi connectivity index (χ2v) is 5.82. The molecule has 3 N–H and O–H groups in total. The van der Waals surface area contributed by atoms with E-state index in [1.54, 1.807) is 6.07 Å². The molecule has 2 nitrogen and oxygen atoms in total. The number of phenols is 1. The molecule has 0 aliphatic carbocycles. The van der Waals surface area contributed by atoms with E-state index in [1.807, 2.05) is 12.1 Å². The minimum absolute atomic E-state index is 0.00870. The van der Waals surface area contributed by atoms with E-state index < -0.39 is 0 Å². The zero-order valence-corrected chi connectivity index (χ0v) is 10.9. The molecule has 0 fully saturated rings. The molecule has 1 atom stereocenters. The largest absolute Gasteiger partial charge is 0.508 e. The summed E-state index contributed by atoms with van der Waals surface area (Å²) in [6.45, 7) is 10.5. The average molecular weight is 221 g/mol. The van der Waals surface area contributed by atoms with Gasteiger partial charge in [-0.25, -0.2) is 0 Å². The van der Waals surface area contributed by atoms with Gasteiger partial charge in [0.05, 0.1) is 0 Å². The number of hydrogen-bond donors (Lipinski definition) is 2. The molecule has 1 rings (SSSR count). The summed E-state index contributed by atoms with van der Waals surface area (Å²) in [5, 5.41) is 9.75. The topological polar surface area (TPSA) is 46.2 Å². The van der Waals surface area contributed by atoms with Crippen LogP contribution in [0.15, 0.2) is 18.2 Å². The number of phenolic OH excluding ortho intramolecular Hbond substituents is 1. The molecule has 0 bridgehead atoms. The van der Waals surface area contributed by atoms with E-state index in [2.05, 4.69) is 34.6 Å². The number of aromatic hydroxyl groups is 1. The highest BCUT2D eigenvalue weighted by Gasteiger charge is 2.23. The zero-order valence-electron chi connectivity index (χ0n) is 10.9. The van der Waals surface area contributed by atoms with Crippen LogP contribution in [0, 0.1) is 5.41 Å². The number of hydrogen-bond acceptors (Lipinski definition) is 2. The van der Waals surface area contributed by atoms with Gasteiger partial charge in [0.15, 0.2) is 0 Å². The molecule has 0 amide bonds. The van der Waals surface area contributed by atoms with Gasteiger partial charge in [-0.05, 0) is 28.5 Å². The molecule has 0 saturated heterocycles. The maximum Gasteiger partial charge on any atom is 0.119 e. The highest BCUT2D eigenvalue weighted by Crippen LogP contribution is 2.34. The van der Waals surface area contributed by atoms with Crippen LogP contribution in [0.25, 0.3) is 0 Å². The Kier molecular flexibility index (Phi) is 3.64. The number of benzene rings is 1. The summed E-state index contributed by atoms with van der Waals surface area (Å²) in [6.07, 6.45) is 0. The van der Waals surface area contributed by atoms with Crippen LogP contribution >= 0.6 is 0 Å². The Morgan fingerprint density at radius 2 is 1.75 bits per heavy atom. The Morgan fingerprint density at radius 3 is 2.19 bits per heavy atom. The molecule has 0 aliphatic heterocycles. The summed E-state index contributed by atoms with van der Waals surface area (Å²) in [5.41, 5.74) is 8.30. The minimum atomic E-state index is -0.00870. The highest BCUT2D eigenvalue weighted by molar-refractivity contribution is 5.39. The van der Waals surface area contributed by atoms with E-state index in [1.165, 1.54) is 0 Å². The van der Waals surface area contributed by atoms with Crippen molar-refractivity contribution < 1.29 is 5.11 Å². The second kappa shape index (κ2) is 4.46. The number of rotatable bonds is 2. The van der Waals surface area contributed by atoms with Gasteiger partial charge in [0.25, 0.3) is 0 Å². The minimum Gasteiger partial charge on any atom is -0.508 e. The van der Waals surface area contributed by atoms with Gasteiger partial charge in [-0.3, -0.25) is 0 Å². The van der Waals surface area contributed by atoms with Crippen molar-refractivity contribution in [1.29, 1.82) is 0 Å². The molecular formula is C14H23NO. The van der Waals surface area contributed by atoms with Crippen LogP contribution in [-0.4, -0.2) is 5.11 Å². The molecule has 2 heteroatoms. The summed E-state index contributed by atoms with van der Waals surface area (Å²) in [5.74, 6) is 0.673. The van der Waals surface area contributed by atoms with Crippen LogP contribution in [0.1, 0.15) is 57.7 Å². The monoisotopic (exact) mass is 221 g/mol. The van der Waals surface area contributed by atoms with E-state index in [9.17, 15) is 5.11 Å². The molecule has 1 unspecified atom stereocenters. The molecule has 0 heterocycles. The lowest BCUT2D eigenvalue weighted by Crippen LogP contribution is -2.26. The summed E-state index contributed by atoms with van der Waals surface area (Å²) in [7, 11) is 0. The predicted octanol–water partition coefficient (Wildman–Crippen LogP) is 3.56. The Morgan fingerprint density at radius 1 is 1.19 bits per heavy atom. The molecule has 0 saturated carbocycles. The van der Waals surface area contributed by atoms with Gasteiger partial charge in [-0.1, -0.05) is 46.8 Å². The van der Waals surface area contributed by atoms with Gasteiger partial charge in [-0.2, -0.15) is 0 Å². The molecule has 1 aromatic rings. The Bertz CT molecular complexity index is 363. The third-order valence-electron chi connectivity index (χ3n) is 2.97. The van der Waals surface area contributed by atoms with Gasteiger partial charge in [0.1, 0.15) is 5.75 Å². The Hall–Kier alpha value is -1.02. The fourth-order valence-corrected chi connectivity index (χ4v) is 1.73. The van der Waals surface area contributed by atoms with Gasteiger partial charge in [0.2, 0.25) is 0 Å². The molecular weight excluding hydrogens is 198 g/mol. The van der Waals surface area contributed by atoms with Crippen LogP contribution < -0.4 is 5.73 Å². The lowest BCUT2D eigenvalue weighted by atomic mass is 9.82. The molecule has 0 aliphatic rings. The number of nitrogens with two attached hydrogens (primary N) is 1. The first kappa shape index (κ1) is 13.0. The van der Waals surface area contributed by atoms with Crippen LogP contribution in [0.5, 0.6) is 5.75 Å². The van der Waals surface area contributed by atoms with Crippen molar-refractivity contribution in [3.63, 3.8) is 0 Å². The molecule has 0 radical (unpaired) electrons. The quantitative estimate of drug-likeness (QED) is 0.802. The first-order valence-electron chi connectivity index (χ1n) is 5.82. The first-order chi connectivity index (χ1) is 7.23. The highest BCUT2D eigenvalue weighted by atomic mass is 16.3. The second-order valence-electron chi connectivity index (χ2n) is 5.82. The van der Waals surface area contributed by atoms with Crippen molar-refractivity contribution in [1.82, 2.24) is 0 Å². The van der Waals surface area contributed by atoms with E-state index in [0.717, 1.165) is 11.1 Å². The zero-order chi connectivity index (χ0) is 12.5. The SMILES string of the molecule is CC(C)c1cc(C(N)C(C)(C)C)ccc1O. The van der Waals surface area contributed by atoms with Gasteiger partial charge in [-0.15, -0.1) is 0 Å². The standard InChI is InChI=1S/C14H23NO/c1-9(2)11-8-10(6-7-12(11)16)13(15)14(3,4)5/h6-9,13,16H,15H2,1-5H3. The van der Waals surface area contributed by atoms with Crippen molar-refractivity contribution in [3.8, 4) is 5.75 Å². The van der Waals surface area contributed by atoms with Crippen LogP contribution in [0.4, 0.5) is 0 Å². The van der Waals surface area contributed by atoms with Crippen molar-refractivity contribution in [2.75, 3.05) is 0 Å². The van der Waals surface area contributed by atoms with Crippen molar-refractivity contribution in [3.05, 3.63) is 29.3 Å².